The summed E-state index contributed by atoms with van der Waals surface area (Å²) in [6.45, 7) is 16.9. The fourth-order valence-corrected chi connectivity index (χ4v) is 4.95. The van der Waals surface area contributed by atoms with Crippen molar-refractivity contribution < 1.29 is 0 Å². The minimum Gasteiger partial charge on any atom is -0.0822 e. The molecule has 142 valence electrons. The fourth-order valence-electron chi connectivity index (χ4n) is 4.95. The average molecular weight is 335 g/mol. The van der Waals surface area contributed by atoms with Gasteiger partial charge in [0.25, 0.3) is 0 Å². The van der Waals surface area contributed by atoms with Crippen molar-refractivity contribution in [2.24, 2.45) is 35.5 Å². The van der Waals surface area contributed by atoms with Crippen molar-refractivity contribution in [1.29, 1.82) is 0 Å². The lowest BCUT2D eigenvalue weighted by Gasteiger charge is -2.28. The van der Waals surface area contributed by atoms with Crippen LogP contribution < -0.4 is 0 Å². The van der Waals surface area contributed by atoms with Crippen LogP contribution in [0.3, 0.4) is 0 Å². The summed E-state index contributed by atoms with van der Waals surface area (Å²) < 4.78 is 0. The van der Waals surface area contributed by atoms with Crippen LogP contribution >= 0.6 is 0 Å². The van der Waals surface area contributed by atoms with E-state index in [0.717, 1.165) is 35.5 Å². The van der Waals surface area contributed by atoms with Crippen LogP contribution in [0, 0.1) is 35.5 Å². The molecule has 0 spiro atoms. The summed E-state index contributed by atoms with van der Waals surface area (Å²) in [6, 6.07) is 0. The molecule has 6 atom stereocenters. The highest BCUT2D eigenvalue weighted by molar-refractivity contribution is 5.14. The monoisotopic (exact) mass is 334 g/mol. The lowest BCUT2D eigenvalue weighted by Crippen LogP contribution is -2.17. The zero-order valence-corrected chi connectivity index (χ0v) is 17.9. The molecule has 0 aliphatic heterocycles. The number of rotatable bonds is 12. The smallest absolute Gasteiger partial charge is 0.0195 e. The van der Waals surface area contributed by atoms with E-state index in [4.69, 9.17) is 0 Å². The molecule has 0 N–H and O–H groups in total. The maximum absolute atomic E-state index is 2.57. The molecular weight excluding hydrogens is 288 g/mol. The molecule has 0 saturated carbocycles. The molecule has 0 amide bonds. The van der Waals surface area contributed by atoms with E-state index in [2.05, 4.69) is 54.5 Å². The Morgan fingerprint density at radius 1 is 1.00 bits per heavy atom. The minimum absolute atomic E-state index is 0.817. The molecule has 0 saturated heterocycles. The highest BCUT2D eigenvalue weighted by atomic mass is 14.3. The summed E-state index contributed by atoms with van der Waals surface area (Å²) in [7, 11) is 0. The van der Waals surface area contributed by atoms with Gasteiger partial charge in [0.05, 0.1) is 0 Å². The molecule has 24 heavy (non-hydrogen) atoms. The zero-order valence-electron chi connectivity index (χ0n) is 17.9. The largest absolute Gasteiger partial charge is 0.0822 e. The van der Waals surface area contributed by atoms with Gasteiger partial charge in [-0.3, -0.25) is 0 Å². The topological polar surface area (TPSA) is 0 Å². The van der Waals surface area contributed by atoms with Crippen LogP contribution in [0.25, 0.3) is 0 Å². The van der Waals surface area contributed by atoms with Crippen molar-refractivity contribution >= 4 is 0 Å². The van der Waals surface area contributed by atoms with Crippen LogP contribution in [-0.4, -0.2) is 0 Å². The molecule has 1 aliphatic carbocycles. The predicted molar refractivity (Wildman–Crippen MR) is 110 cm³/mol. The van der Waals surface area contributed by atoms with Crippen LogP contribution in [0.2, 0.25) is 0 Å². The lowest BCUT2D eigenvalue weighted by molar-refractivity contribution is 0.242. The van der Waals surface area contributed by atoms with E-state index in [1.807, 2.05) is 0 Å². The van der Waals surface area contributed by atoms with Gasteiger partial charge in [0.1, 0.15) is 0 Å². The molecule has 0 bridgehead atoms. The van der Waals surface area contributed by atoms with Crippen molar-refractivity contribution in [1.82, 2.24) is 0 Å². The summed E-state index contributed by atoms with van der Waals surface area (Å²) in [5, 5.41) is 0. The number of allylic oxidation sites excluding steroid dienone is 2. The molecule has 0 heteroatoms. The van der Waals surface area contributed by atoms with E-state index in [-0.39, 0.29) is 0 Å². The van der Waals surface area contributed by atoms with Crippen LogP contribution in [0.5, 0.6) is 0 Å². The molecular formula is C24H46. The summed E-state index contributed by atoms with van der Waals surface area (Å²) in [5.74, 6) is 5.39. The van der Waals surface area contributed by atoms with Gasteiger partial charge < -0.3 is 0 Å². The maximum atomic E-state index is 2.57. The Labute approximate surface area is 153 Å². The summed E-state index contributed by atoms with van der Waals surface area (Å²) in [4.78, 5) is 0. The normalized spacial score (nSPS) is 26.0. The number of hydrogen-bond donors (Lipinski definition) is 0. The standard InChI is InChI=1S/C24H46/c1-8-18(5)14-21(9-2)13-12-20(7)22(10-3)17-24-16-19(6)15-23(24)11-4/h15,18-22,24H,8-14,16-17H2,1-7H3. The molecule has 0 aromatic rings. The van der Waals surface area contributed by atoms with E-state index in [0.29, 0.717) is 0 Å². The third kappa shape index (κ3) is 6.93. The van der Waals surface area contributed by atoms with Crippen molar-refractivity contribution in [3.8, 4) is 0 Å². The van der Waals surface area contributed by atoms with Gasteiger partial charge in [-0.25, -0.2) is 0 Å². The van der Waals surface area contributed by atoms with Crippen molar-refractivity contribution in [3.05, 3.63) is 11.6 Å². The van der Waals surface area contributed by atoms with Gasteiger partial charge in [0.2, 0.25) is 0 Å². The Morgan fingerprint density at radius 2 is 1.71 bits per heavy atom. The Kier molecular flexibility index (Phi) is 10.3. The highest BCUT2D eigenvalue weighted by Gasteiger charge is 2.27. The second kappa shape index (κ2) is 11.4. The van der Waals surface area contributed by atoms with Crippen molar-refractivity contribution in [3.63, 3.8) is 0 Å². The van der Waals surface area contributed by atoms with E-state index in [1.165, 1.54) is 57.8 Å². The van der Waals surface area contributed by atoms with Gasteiger partial charge in [0.15, 0.2) is 0 Å². The lowest BCUT2D eigenvalue weighted by atomic mass is 9.77. The third-order valence-electron chi connectivity index (χ3n) is 7.04. The summed E-state index contributed by atoms with van der Waals surface area (Å²) >= 11 is 0. The van der Waals surface area contributed by atoms with Gasteiger partial charge in [-0.15, -0.1) is 0 Å². The first kappa shape index (κ1) is 21.8. The molecule has 0 radical (unpaired) electrons. The third-order valence-corrected chi connectivity index (χ3v) is 7.04. The molecule has 0 fully saturated rings. The van der Waals surface area contributed by atoms with Crippen molar-refractivity contribution in [2.45, 2.75) is 106 Å². The van der Waals surface area contributed by atoms with Crippen LogP contribution in [0.15, 0.2) is 11.6 Å². The molecule has 0 heterocycles. The first-order valence-electron chi connectivity index (χ1n) is 11.1. The van der Waals surface area contributed by atoms with Gasteiger partial charge in [-0.2, -0.15) is 0 Å². The van der Waals surface area contributed by atoms with E-state index in [1.54, 1.807) is 5.57 Å². The molecule has 0 aromatic carbocycles. The molecule has 1 aliphatic rings. The Bertz CT molecular complexity index is 353. The van der Waals surface area contributed by atoms with Gasteiger partial charge in [-0.1, -0.05) is 92.2 Å². The fraction of sp³-hybridized carbons (Fsp3) is 0.917. The summed E-state index contributed by atoms with van der Waals surface area (Å²) in [5.41, 5.74) is 1.76. The van der Waals surface area contributed by atoms with Gasteiger partial charge in [-0.05, 0) is 61.2 Å². The van der Waals surface area contributed by atoms with Crippen LogP contribution in [0.4, 0.5) is 0 Å². The Hall–Kier alpha value is -0.260. The Balaban J connectivity index is 2.48. The van der Waals surface area contributed by atoms with Crippen LogP contribution in [-0.2, 0) is 0 Å². The Morgan fingerprint density at radius 3 is 2.25 bits per heavy atom. The van der Waals surface area contributed by atoms with Crippen molar-refractivity contribution in [2.75, 3.05) is 0 Å². The molecule has 0 nitrogen and oxygen atoms in total. The number of hydrogen-bond acceptors (Lipinski definition) is 0. The molecule has 1 rings (SSSR count). The first-order chi connectivity index (χ1) is 11.4. The second-order valence-corrected chi connectivity index (χ2v) is 8.99. The zero-order chi connectivity index (χ0) is 18.1. The highest BCUT2D eigenvalue weighted by Crippen LogP contribution is 2.39. The van der Waals surface area contributed by atoms with Gasteiger partial charge in [0, 0.05) is 0 Å². The maximum Gasteiger partial charge on any atom is -0.0195 e. The molecule has 6 unspecified atom stereocenters. The van der Waals surface area contributed by atoms with Gasteiger partial charge >= 0.3 is 0 Å². The molecule has 0 aromatic heterocycles. The van der Waals surface area contributed by atoms with E-state index >= 15 is 0 Å². The predicted octanol–water partition coefficient (Wildman–Crippen LogP) is 8.27. The summed E-state index contributed by atoms with van der Waals surface area (Å²) in [6.07, 6.45) is 15.1. The van der Waals surface area contributed by atoms with Crippen LogP contribution in [0.1, 0.15) is 106 Å². The minimum atomic E-state index is 0.817. The van der Waals surface area contributed by atoms with E-state index < -0.39 is 0 Å². The van der Waals surface area contributed by atoms with E-state index in [9.17, 15) is 0 Å². The average Bonchev–Trinajstić information content (AvgIpc) is 2.95. The first-order valence-corrected chi connectivity index (χ1v) is 11.1. The quantitative estimate of drug-likeness (QED) is 0.315. The SMILES string of the molecule is CCC1=CC(C)CC1CC(CC)C(C)CCC(CC)CC(C)CC. The second-order valence-electron chi connectivity index (χ2n) is 8.99.